The number of epoxide rings is 1. The van der Waals surface area contributed by atoms with Gasteiger partial charge in [0.15, 0.2) is 17.9 Å². The molecule has 1 aromatic rings. The number of carbonyl (C=O) groups is 3. The van der Waals surface area contributed by atoms with Crippen LogP contribution in [0.5, 0.6) is 5.75 Å². The highest BCUT2D eigenvalue weighted by Crippen LogP contribution is 2.57. The fourth-order valence-electron chi connectivity index (χ4n) is 4.94. The Morgan fingerprint density at radius 2 is 1.97 bits per heavy atom. The van der Waals surface area contributed by atoms with E-state index in [1.165, 1.54) is 18.2 Å². The van der Waals surface area contributed by atoms with Gasteiger partial charge in [-0.2, -0.15) is 0 Å². The molecule has 3 aliphatic carbocycles. The van der Waals surface area contributed by atoms with Crippen molar-refractivity contribution in [2.24, 2.45) is 5.92 Å². The summed E-state index contributed by atoms with van der Waals surface area (Å²) in [7, 11) is 0. The van der Waals surface area contributed by atoms with Gasteiger partial charge in [-0.25, -0.2) is 0 Å². The number of benzene rings is 1. The van der Waals surface area contributed by atoms with Crippen molar-refractivity contribution in [2.75, 3.05) is 0 Å². The number of nitrogens with one attached hydrogen (secondary N) is 1. The number of fused-ring (bicyclic) bond motifs is 3. The van der Waals surface area contributed by atoms with Gasteiger partial charge in [0, 0.05) is 16.7 Å². The maximum atomic E-state index is 13.4. The zero-order chi connectivity index (χ0) is 22.4. The molecule has 31 heavy (non-hydrogen) atoms. The standard InChI is InChI=1S/C22H20N2O7/c1-7(2)21(29)30-19-14-12(18(28)20-22(19,3)31-20)11-13(15(14)24-23)17(27)10-8(16(11)26)5-4-6-9(10)25/h4-7,15,18-20,24-25,28H,1-3H3. The molecule has 0 spiro atoms. The summed E-state index contributed by atoms with van der Waals surface area (Å²) in [6.45, 7) is 4.99. The predicted molar refractivity (Wildman–Crippen MR) is 103 cm³/mol. The van der Waals surface area contributed by atoms with Crippen LogP contribution in [0.4, 0.5) is 0 Å². The second kappa shape index (κ2) is 6.18. The first kappa shape index (κ1) is 19.8. The van der Waals surface area contributed by atoms with Crippen molar-refractivity contribution in [3.63, 3.8) is 0 Å². The summed E-state index contributed by atoms with van der Waals surface area (Å²) in [6.07, 6.45) is -3.03. The van der Waals surface area contributed by atoms with Crippen molar-refractivity contribution < 1.29 is 39.2 Å². The topological polar surface area (TPSA) is 150 Å². The van der Waals surface area contributed by atoms with E-state index in [2.05, 4.69) is 0 Å². The van der Waals surface area contributed by atoms with Gasteiger partial charge in [-0.05, 0) is 13.0 Å². The lowest BCUT2D eigenvalue weighted by atomic mass is 9.77. The highest BCUT2D eigenvalue weighted by molar-refractivity contribution is 6.31. The molecule has 1 fully saturated rings. The smallest absolute Gasteiger partial charge is 0.309 e. The number of hydrogen-bond donors (Lipinski definition) is 3. The summed E-state index contributed by atoms with van der Waals surface area (Å²) >= 11 is 0. The minimum absolute atomic E-state index is 0.00201. The lowest BCUT2D eigenvalue weighted by Gasteiger charge is -2.31. The normalized spacial score (nSPS) is 33.1. The zero-order valence-electron chi connectivity index (χ0n) is 17.0. The van der Waals surface area contributed by atoms with Crippen LogP contribution in [0.2, 0.25) is 0 Å². The Morgan fingerprint density at radius 1 is 1.26 bits per heavy atom. The molecule has 0 radical (unpaired) electrons. The van der Waals surface area contributed by atoms with Gasteiger partial charge in [-0.3, -0.25) is 14.4 Å². The molecule has 5 atom stereocenters. The van der Waals surface area contributed by atoms with E-state index in [9.17, 15) is 30.1 Å². The molecule has 160 valence electrons. The molecule has 1 heterocycles. The van der Waals surface area contributed by atoms with Crippen LogP contribution >= 0.6 is 0 Å². The molecule has 0 aromatic heterocycles. The molecule has 4 aliphatic rings. The minimum Gasteiger partial charge on any atom is -0.508 e. The van der Waals surface area contributed by atoms with Crippen molar-refractivity contribution in [3.05, 3.63) is 57.1 Å². The number of esters is 1. The number of aromatic hydroxyl groups is 1. The van der Waals surface area contributed by atoms with Gasteiger partial charge in [-0.15, -0.1) is 0 Å². The summed E-state index contributed by atoms with van der Waals surface area (Å²) < 4.78 is 11.4. The first-order valence-electron chi connectivity index (χ1n) is 9.99. The van der Waals surface area contributed by atoms with Crippen LogP contribution in [0, 0.1) is 5.92 Å². The first-order valence-corrected chi connectivity index (χ1v) is 9.99. The van der Waals surface area contributed by atoms with Crippen molar-refractivity contribution >= 4 is 17.5 Å². The largest absolute Gasteiger partial charge is 0.508 e. The number of ether oxygens (including phenoxy) is 2. The van der Waals surface area contributed by atoms with Crippen LogP contribution in [0.25, 0.3) is 5.53 Å². The molecule has 0 saturated carbocycles. The van der Waals surface area contributed by atoms with Crippen molar-refractivity contribution in [3.8, 4) is 5.75 Å². The van der Waals surface area contributed by atoms with Crippen molar-refractivity contribution in [1.82, 2.24) is 0 Å². The van der Waals surface area contributed by atoms with Crippen LogP contribution in [-0.4, -0.2) is 57.7 Å². The minimum atomic E-state index is -1.26. The number of ketones is 2. The van der Waals surface area contributed by atoms with Gasteiger partial charge in [0.25, 0.3) is 0 Å². The van der Waals surface area contributed by atoms with E-state index in [0.717, 1.165) is 0 Å². The van der Waals surface area contributed by atoms with E-state index in [0.29, 0.717) is 0 Å². The quantitative estimate of drug-likeness (QED) is 0.350. The second-order valence-electron chi connectivity index (χ2n) is 8.72. The molecule has 0 amide bonds. The van der Waals surface area contributed by atoms with E-state index in [4.69, 9.17) is 9.47 Å². The van der Waals surface area contributed by atoms with Crippen LogP contribution in [-0.2, 0) is 14.3 Å². The van der Waals surface area contributed by atoms with E-state index in [1.54, 1.807) is 20.8 Å². The average molecular weight is 424 g/mol. The van der Waals surface area contributed by atoms with E-state index >= 15 is 0 Å². The molecule has 5 unspecified atom stereocenters. The van der Waals surface area contributed by atoms with E-state index in [1.807, 2.05) is 5.11 Å². The monoisotopic (exact) mass is 424 g/mol. The fraction of sp³-hybridized carbons (Fsp3) is 0.409. The molecule has 1 saturated heterocycles. The van der Waals surface area contributed by atoms with Gasteiger partial charge in [0.2, 0.25) is 5.78 Å². The zero-order valence-corrected chi connectivity index (χ0v) is 17.0. The average Bonchev–Trinajstić information content (AvgIpc) is 3.30. The van der Waals surface area contributed by atoms with Crippen molar-refractivity contribution in [1.29, 1.82) is 0 Å². The molecule has 9 heteroatoms. The Morgan fingerprint density at radius 3 is 2.61 bits per heavy atom. The summed E-state index contributed by atoms with van der Waals surface area (Å²) in [5.74, 6) is -2.55. The fourth-order valence-corrected chi connectivity index (χ4v) is 4.94. The highest BCUT2D eigenvalue weighted by Gasteiger charge is 2.71. The SMILES string of the molecule is CC(C)C(=O)OC1C2=C(C3=C(C(=O)c4c(O)cccc4C3=O)C2[NH+]=[N-])C(O)C2OC12C. The number of rotatable bonds is 3. The lowest BCUT2D eigenvalue weighted by molar-refractivity contribution is -0.503. The number of aliphatic hydroxyl groups excluding tert-OH is 1. The van der Waals surface area contributed by atoms with Crippen LogP contribution in [0.1, 0.15) is 41.5 Å². The van der Waals surface area contributed by atoms with Gasteiger partial charge < -0.3 is 30.3 Å². The predicted octanol–water partition coefficient (Wildman–Crippen LogP) is -0.0514. The van der Waals surface area contributed by atoms with Gasteiger partial charge in [-0.1, -0.05) is 26.0 Å². The maximum Gasteiger partial charge on any atom is 0.309 e. The number of Topliss-reactive ketones (excluding diaryl/α,β-unsaturated/α-hetero) is 2. The summed E-state index contributed by atoms with van der Waals surface area (Å²) in [5, 5.41) is 23.3. The number of aliphatic hydroxyl groups is 1. The van der Waals surface area contributed by atoms with Gasteiger partial charge in [0.05, 0.1) is 22.6 Å². The number of carbonyl (C=O) groups excluding carboxylic acids is 3. The molecule has 5 rings (SSSR count). The van der Waals surface area contributed by atoms with Crippen LogP contribution < -0.4 is 5.11 Å². The molecular weight excluding hydrogens is 404 g/mol. The van der Waals surface area contributed by atoms with E-state index < -0.39 is 53.4 Å². The number of nitrogens with zero attached hydrogens (tertiary/aromatic N) is 1. The first-order chi connectivity index (χ1) is 14.6. The number of phenols is 1. The van der Waals surface area contributed by atoms with Crippen molar-refractivity contribution in [2.45, 2.75) is 50.7 Å². The molecule has 3 N–H and O–H groups in total. The third-order valence-corrected chi connectivity index (χ3v) is 6.54. The van der Waals surface area contributed by atoms with Crippen LogP contribution in [0.3, 0.4) is 0 Å². The molecule has 9 nitrogen and oxygen atoms in total. The Bertz CT molecular complexity index is 1160. The third kappa shape index (κ3) is 2.35. The third-order valence-electron chi connectivity index (χ3n) is 6.54. The number of hydrogen-bond acceptors (Lipinski definition) is 7. The lowest BCUT2D eigenvalue weighted by Crippen LogP contribution is -2.74. The Labute approximate surface area is 176 Å². The van der Waals surface area contributed by atoms with Gasteiger partial charge in [0.1, 0.15) is 23.6 Å². The second-order valence-corrected chi connectivity index (χ2v) is 8.72. The molecule has 1 aliphatic heterocycles. The highest BCUT2D eigenvalue weighted by atomic mass is 16.7. The van der Waals surface area contributed by atoms with E-state index in [-0.39, 0.29) is 39.2 Å². The molecule has 0 bridgehead atoms. The maximum absolute atomic E-state index is 13.4. The summed E-state index contributed by atoms with van der Waals surface area (Å²) in [6, 6.07) is 2.95. The Kier molecular flexibility index (Phi) is 3.94. The van der Waals surface area contributed by atoms with Gasteiger partial charge >= 0.3 is 5.97 Å². The number of phenolic OH excluding ortho intramolecular Hbond substituents is 1. The molecular formula is C22H20N2O7. The van der Waals surface area contributed by atoms with Crippen LogP contribution in [0.15, 0.2) is 40.5 Å². The summed E-state index contributed by atoms with van der Waals surface area (Å²) in [4.78, 5) is 39.1. The Hall–Kier alpha value is -3.17. The Balaban J connectivity index is 1.71. The molecule has 1 aromatic carbocycles. The summed E-state index contributed by atoms with van der Waals surface area (Å²) in [5.41, 5.74) is 8.94.